The van der Waals surface area contributed by atoms with Gasteiger partial charge in [-0.15, -0.1) is 0 Å². The molecule has 0 aromatic heterocycles. The van der Waals surface area contributed by atoms with Crippen molar-refractivity contribution in [3.8, 4) is 22.3 Å². The summed E-state index contributed by atoms with van der Waals surface area (Å²) in [5.41, 5.74) is 24.2. The van der Waals surface area contributed by atoms with Crippen LogP contribution in [0.2, 0.25) is 0 Å². The topological polar surface area (TPSA) is 65.7 Å². The van der Waals surface area contributed by atoms with Gasteiger partial charge in [0.2, 0.25) is 0 Å². The molecule has 2 aliphatic heterocycles. The number of nitrogens with zero attached hydrogens (tertiary/aromatic N) is 2. The molecule has 300 valence electrons. The summed E-state index contributed by atoms with van der Waals surface area (Å²) < 4.78 is 0. The van der Waals surface area contributed by atoms with Crippen molar-refractivity contribution in [2.45, 2.75) is 24.3 Å². The predicted octanol–water partition coefficient (Wildman–Crippen LogP) is 12.8. The summed E-state index contributed by atoms with van der Waals surface area (Å²) in [6.07, 6.45) is 2.93. The van der Waals surface area contributed by atoms with Crippen molar-refractivity contribution in [3.63, 3.8) is 0 Å². The van der Waals surface area contributed by atoms with E-state index in [2.05, 4.69) is 192 Å². The van der Waals surface area contributed by atoms with Gasteiger partial charge in [0.25, 0.3) is 0 Å². The minimum atomic E-state index is -0.510. The van der Waals surface area contributed by atoms with E-state index >= 15 is 0 Å². The van der Waals surface area contributed by atoms with Crippen LogP contribution in [0.1, 0.15) is 56.8 Å². The molecular weight excluding hydrogens is 755 g/mol. The summed E-state index contributed by atoms with van der Waals surface area (Å²) >= 11 is 0. The van der Waals surface area contributed by atoms with E-state index in [1.807, 2.05) is 36.4 Å². The Bertz CT molecular complexity index is 2930. The molecule has 0 radical (unpaired) electrons. The highest BCUT2D eigenvalue weighted by atomic mass is 15.3. The molecule has 4 N–H and O–H groups in total. The zero-order valence-electron chi connectivity index (χ0n) is 34.5. The zero-order valence-corrected chi connectivity index (χ0v) is 34.5. The Hall–Kier alpha value is -7.73. The van der Waals surface area contributed by atoms with Crippen molar-refractivity contribution >= 4 is 22.9 Å². The highest BCUT2D eigenvalue weighted by Gasteiger charge is 2.54. The van der Waals surface area contributed by atoms with Crippen LogP contribution in [0.25, 0.3) is 22.3 Å². The van der Waals surface area contributed by atoms with Gasteiger partial charge in [0.05, 0.1) is 16.8 Å². The molecule has 8 aromatic rings. The number of fused-ring (bicyclic) bond motifs is 9. The molecule has 0 amide bonds. The van der Waals surface area contributed by atoms with Crippen molar-refractivity contribution in [1.29, 1.82) is 0 Å². The number of para-hydroxylation sites is 2. The lowest BCUT2D eigenvalue weighted by Crippen LogP contribution is -2.37. The zero-order chi connectivity index (χ0) is 42.0. The third-order valence-electron chi connectivity index (χ3n) is 12.4. The van der Waals surface area contributed by atoms with Crippen LogP contribution in [-0.2, 0) is 12.0 Å². The molecule has 1 aliphatic carbocycles. The van der Waals surface area contributed by atoms with E-state index in [9.17, 15) is 0 Å². The van der Waals surface area contributed by atoms with Gasteiger partial charge >= 0.3 is 0 Å². The maximum absolute atomic E-state index is 6.61. The molecule has 5 heteroatoms. The first kappa shape index (κ1) is 38.5. The molecule has 0 fully saturated rings. The summed E-state index contributed by atoms with van der Waals surface area (Å²) in [5, 5.41) is 7.59. The van der Waals surface area contributed by atoms with Crippen LogP contribution in [0.4, 0.5) is 17.1 Å². The van der Waals surface area contributed by atoms with Crippen LogP contribution < -0.4 is 21.3 Å². The van der Waals surface area contributed by atoms with E-state index in [1.54, 1.807) is 12.2 Å². The molecule has 2 heterocycles. The number of aliphatic imine (C=N–C) groups is 1. The molecule has 3 atom stereocenters. The first-order valence-corrected chi connectivity index (χ1v) is 21.2. The monoisotopic (exact) mass is 801 g/mol. The fourth-order valence-corrected chi connectivity index (χ4v) is 9.60. The SMILES string of the molecule is C=CC=C.N/C(=N\C(NCc1ccccc1)c1ccc(-c2ccc3c(c2)C2(c4ccccc4-3)c3ccccc3N3c4c(cccc42)NC3c2ccccc2)cc1)c1ccccc1. The second kappa shape index (κ2) is 16.4. The third kappa shape index (κ3) is 6.51. The van der Waals surface area contributed by atoms with Gasteiger partial charge in [0.15, 0.2) is 0 Å². The average molecular weight is 802 g/mol. The maximum Gasteiger partial charge on any atom is 0.130 e. The van der Waals surface area contributed by atoms with E-state index in [0.717, 1.165) is 22.4 Å². The summed E-state index contributed by atoms with van der Waals surface area (Å²) in [4.78, 5) is 7.55. The number of hydrogen-bond donors (Lipinski definition) is 3. The van der Waals surface area contributed by atoms with Crippen molar-refractivity contribution in [2.75, 3.05) is 10.2 Å². The van der Waals surface area contributed by atoms with Crippen LogP contribution in [0.3, 0.4) is 0 Å². The van der Waals surface area contributed by atoms with Gasteiger partial charge in [0.1, 0.15) is 18.2 Å². The van der Waals surface area contributed by atoms with E-state index in [1.165, 1.54) is 61.4 Å². The van der Waals surface area contributed by atoms with Gasteiger partial charge in [-0.05, 0) is 79.4 Å². The number of allylic oxidation sites excluding steroid dienone is 2. The van der Waals surface area contributed by atoms with E-state index < -0.39 is 5.41 Å². The first-order valence-electron chi connectivity index (χ1n) is 21.2. The van der Waals surface area contributed by atoms with Crippen LogP contribution in [-0.4, -0.2) is 5.84 Å². The first-order chi connectivity index (χ1) is 30.6. The Balaban J connectivity index is 0.00000110. The lowest BCUT2D eigenvalue weighted by molar-refractivity contribution is 0.554. The number of rotatable bonds is 9. The van der Waals surface area contributed by atoms with Gasteiger partial charge in [-0.3, -0.25) is 5.32 Å². The quantitative estimate of drug-likeness (QED) is 0.0773. The van der Waals surface area contributed by atoms with Crippen LogP contribution >= 0.6 is 0 Å². The van der Waals surface area contributed by atoms with Gasteiger partial charge in [-0.1, -0.05) is 207 Å². The normalized spacial score (nSPS) is 16.7. The molecule has 0 saturated carbocycles. The van der Waals surface area contributed by atoms with Crippen LogP contribution in [0, 0.1) is 0 Å². The summed E-state index contributed by atoms with van der Waals surface area (Å²) in [6, 6.07) is 71.9. The largest absolute Gasteiger partial charge is 0.383 e. The minimum absolute atomic E-state index is 0.0183. The smallest absolute Gasteiger partial charge is 0.130 e. The highest BCUT2D eigenvalue weighted by Crippen LogP contribution is 2.66. The molecule has 0 saturated heterocycles. The molecule has 8 aromatic carbocycles. The van der Waals surface area contributed by atoms with Crippen LogP contribution in [0.15, 0.2) is 230 Å². The Morgan fingerprint density at radius 2 is 1.24 bits per heavy atom. The van der Waals surface area contributed by atoms with Gasteiger partial charge in [-0.25, -0.2) is 4.99 Å². The van der Waals surface area contributed by atoms with Crippen molar-refractivity contribution in [1.82, 2.24) is 5.32 Å². The van der Waals surface area contributed by atoms with Gasteiger partial charge < -0.3 is 16.0 Å². The molecule has 3 aliphatic rings. The minimum Gasteiger partial charge on any atom is -0.383 e. The molecule has 5 nitrogen and oxygen atoms in total. The molecule has 1 spiro atoms. The number of amidine groups is 1. The second-order valence-electron chi connectivity index (χ2n) is 15.8. The second-order valence-corrected chi connectivity index (χ2v) is 15.8. The lowest BCUT2D eigenvalue weighted by atomic mass is 9.64. The van der Waals surface area contributed by atoms with Crippen molar-refractivity contribution in [2.24, 2.45) is 10.7 Å². The molecule has 3 unspecified atom stereocenters. The standard InChI is InChI=1S/C53H41N5.C4H6/c54-50(37-17-6-2-7-18-37)57-51(55-34-35-15-4-1-5-16-35)38-29-27-36(28-30-38)40-31-32-42-41-21-10-11-22-43(41)53(46(42)33-40)44-23-12-13-26-48(44)58-49-45(53)24-14-25-47(49)56-52(58)39-19-8-3-9-20-39;1-3-4-2/h1-33,51-52,55-56H,34H2,(H2,54,57);3-4H,1-2H2. The average Bonchev–Trinajstić information content (AvgIpc) is 3.88. The lowest BCUT2D eigenvalue weighted by Gasteiger charge is -2.44. The van der Waals surface area contributed by atoms with E-state index in [-0.39, 0.29) is 12.3 Å². The summed E-state index contributed by atoms with van der Waals surface area (Å²) in [7, 11) is 0. The molecule has 0 bridgehead atoms. The molecule has 62 heavy (non-hydrogen) atoms. The molecule has 11 rings (SSSR count). The number of benzene rings is 8. The Morgan fingerprint density at radius 1 is 0.629 bits per heavy atom. The van der Waals surface area contributed by atoms with Gasteiger partial charge in [0, 0.05) is 17.8 Å². The summed E-state index contributed by atoms with van der Waals surface area (Å²) in [6.45, 7) is 7.38. The molecular formula is C57H47N5. The third-order valence-corrected chi connectivity index (χ3v) is 12.4. The van der Waals surface area contributed by atoms with Gasteiger partial charge in [-0.2, -0.15) is 0 Å². The van der Waals surface area contributed by atoms with Crippen LogP contribution in [0.5, 0.6) is 0 Å². The fraction of sp³-hybridized carbons (Fsp3) is 0.0702. The van der Waals surface area contributed by atoms with E-state index in [0.29, 0.717) is 12.4 Å². The summed E-state index contributed by atoms with van der Waals surface area (Å²) in [5.74, 6) is 0.503. The Morgan fingerprint density at radius 3 is 1.98 bits per heavy atom. The predicted molar refractivity (Wildman–Crippen MR) is 258 cm³/mol. The fourth-order valence-electron chi connectivity index (χ4n) is 9.60. The highest BCUT2D eigenvalue weighted by molar-refractivity contribution is 5.99. The number of hydrogen-bond acceptors (Lipinski definition) is 4. The van der Waals surface area contributed by atoms with Crippen molar-refractivity contribution in [3.05, 3.63) is 270 Å². The van der Waals surface area contributed by atoms with Crippen molar-refractivity contribution < 1.29 is 0 Å². The number of nitrogens with one attached hydrogen (secondary N) is 2. The Kier molecular flexibility index (Phi) is 10.2. The number of nitrogens with two attached hydrogens (primary N) is 1. The Labute approximate surface area is 364 Å². The number of anilines is 3. The maximum atomic E-state index is 6.61. The van der Waals surface area contributed by atoms with E-state index in [4.69, 9.17) is 10.7 Å².